The number of benzene rings is 1. The molecule has 1 aromatic carbocycles. The number of amides is 1. The van der Waals surface area contributed by atoms with Gasteiger partial charge in [0, 0.05) is 37.3 Å². The molecule has 1 fully saturated rings. The first kappa shape index (κ1) is 18.6. The minimum absolute atomic E-state index is 0.0421. The van der Waals surface area contributed by atoms with Crippen LogP contribution in [0.4, 0.5) is 5.69 Å². The zero-order valence-corrected chi connectivity index (χ0v) is 16.6. The van der Waals surface area contributed by atoms with Crippen LogP contribution in [0.2, 0.25) is 0 Å². The van der Waals surface area contributed by atoms with E-state index in [0.29, 0.717) is 24.7 Å². The van der Waals surface area contributed by atoms with Crippen molar-refractivity contribution in [2.24, 2.45) is 4.99 Å². The number of hydrogen-bond acceptors (Lipinski definition) is 4. The quantitative estimate of drug-likeness (QED) is 0.718. The van der Waals surface area contributed by atoms with Crippen LogP contribution in [-0.4, -0.2) is 34.2 Å². The Morgan fingerprint density at radius 1 is 1.19 bits per heavy atom. The smallest absolute Gasteiger partial charge is 0.253 e. The maximum atomic E-state index is 12.4. The normalized spacial score (nSPS) is 14.5. The highest BCUT2D eigenvalue weighted by atomic mass is 32.1. The number of carbonyl (C=O) groups excluding carboxylic acids is 2. The highest BCUT2D eigenvalue weighted by Gasteiger charge is 2.28. The van der Waals surface area contributed by atoms with Crippen LogP contribution >= 0.6 is 11.3 Å². The third-order valence-corrected chi connectivity index (χ3v) is 5.97. The molecule has 0 spiro atoms. The van der Waals surface area contributed by atoms with E-state index in [9.17, 15) is 9.59 Å². The molecule has 1 heterocycles. The lowest BCUT2D eigenvalue weighted by molar-refractivity contribution is 0.0773. The first-order valence-electron chi connectivity index (χ1n) is 9.13. The summed E-state index contributed by atoms with van der Waals surface area (Å²) in [5.74, 6) is 0.129. The summed E-state index contributed by atoms with van der Waals surface area (Å²) in [6, 6.07) is 7.86. The third-order valence-electron chi connectivity index (χ3n) is 4.71. The van der Waals surface area contributed by atoms with E-state index in [-0.39, 0.29) is 11.7 Å². The van der Waals surface area contributed by atoms with E-state index in [4.69, 9.17) is 4.99 Å². The lowest BCUT2D eigenvalue weighted by Crippen LogP contribution is -2.30. The summed E-state index contributed by atoms with van der Waals surface area (Å²) in [6.07, 6.45) is 2.28. The summed E-state index contributed by atoms with van der Waals surface area (Å²) in [4.78, 5) is 32.5. The lowest BCUT2D eigenvalue weighted by atomic mass is 10.2. The van der Waals surface area contributed by atoms with Crippen molar-refractivity contribution >= 4 is 28.7 Å². The van der Waals surface area contributed by atoms with Crippen molar-refractivity contribution in [2.75, 3.05) is 13.1 Å². The van der Waals surface area contributed by atoms with Crippen LogP contribution < -0.4 is 4.80 Å². The molecule has 138 valence electrons. The Hall–Kier alpha value is -2.21. The Bertz CT molecular complexity index is 885. The molecule has 0 N–H and O–H groups in total. The van der Waals surface area contributed by atoms with Gasteiger partial charge >= 0.3 is 0 Å². The van der Waals surface area contributed by atoms with Crippen molar-refractivity contribution in [1.29, 1.82) is 0 Å². The number of ketones is 1. The highest BCUT2D eigenvalue weighted by Crippen LogP contribution is 2.36. The topological polar surface area (TPSA) is 54.7 Å². The van der Waals surface area contributed by atoms with Crippen molar-refractivity contribution in [3.63, 3.8) is 0 Å². The van der Waals surface area contributed by atoms with Gasteiger partial charge in [-0.05, 0) is 57.9 Å². The standard InChI is InChI=1S/C20H25N3O2S/c1-5-22(6-2)19(25)15-7-9-16(10-8-15)21-20-23(17-11-12-17)13(3)18(26-20)14(4)24/h7-10,17H,5-6,11-12H2,1-4H3/b21-20+. The van der Waals surface area contributed by atoms with Crippen molar-refractivity contribution < 1.29 is 9.59 Å². The Balaban J connectivity index is 1.95. The third kappa shape index (κ3) is 3.65. The Kier molecular flexibility index (Phi) is 5.41. The van der Waals surface area contributed by atoms with E-state index in [2.05, 4.69) is 4.57 Å². The SMILES string of the molecule is CCN(CC)C(=O)c1ccc(/N=c2/sc(C(C)=O)c(C)n2C2CC2)cc1. The lowest BCUT2D eigenvalue weighted by Gasteiger charge is -2.18. The van der Waals surface area contributed by atoms with Gasteiger partial charge in [0.05, 0.1) is 10.6 Å². The highest BCUT2D eigenvalue weighted by molar-refractivity contribution is 7.11. The number of carbonyl (C=O) groups is 2. The van der Waals surface area contributed by atoms with Crippen LogP contribution in [0, 0.1) is 6.92 Å². The number of rotatable bonds is 6. The molecule has 1 aliphatic rings. The van der Waals surface area contributed by atoms with Crippen molar-refractivity contribution in [3.8, 4) is 0 Å². The van der Waals surface area contributed by atoms with Crippen molar-refractivity contribution in [3.05, 3.63) is 45.2 Å². The van der Waals surface area contributed by atoms with Gasteiger partial charge in [0.1, 0.15) is 0 Å². The van der Waals surface area contributed by atoms with Crippen LogP contribution in [0.1, 0.15) is 65.4 Å². The largest absolute Gasteiger partial charge is 0.339 e. The number of hydrogen-bond donors (Lipinski definition) is 0. The second kappa shape index (κ2) is 7.58. The van der Waals surface area contributed by atoms with Crippen LogP contribution in [0.25, 0.3) is 0 Å². The summed E-state index contributed by atoms with van der Waals surface area (Å²) in [7, 11) is 0. The Labute approximate surface area is 158 Å². The summed E-state index contributed by atoms with van der Waals surface area (Å²) >= 11 is 1.45. The summed E-state index contributed by atoms with van der Waals surface area (Å²) < 4.78 is 2.19. The fraction of sp³-hybridized carbons (Fsp3) is 0.450. The van der Waals surface area contributed by atoms with Gasteiger partial charge in [-0.1, -0.05) is 11.3 Å². The summed E-state index contributed by atoms with van der Waals surface area (Å²) in [5.41, 5.74) is 2.48. The molecule has 1 amide bonds. The number of Topliss-reactive ketones (excluding diaryl/α,β-unsaturated/α-hetero) is 1. The van der Waals surface area contributed by atoms with E-state index in [1.807, 2.05) is 45.0 Å². The minimum atomic E-state index is 0.0421. The van der Waals surface area contributed by atoms with Crippen LogP contribution in [0.5, 0.6) is 0 Å². The van der Waals surface area contributed by atoms with Crippen molar-refractivity contribution in [2.45, 2.75) is 46.6 Å². The molecule has 0 bridgehead atoms. The summed E-state index contributed by atoms with van der Waals surface area (Å²) in [5, 5.41) is 0. The zero-order chi connectivity index (χ0) is 18.8. The molecule has 6 heteroatoms. The second-order valence-corrected chi connectivity index (χ2v) is 7.57. The van der Waals surface area contributed by atoms with Gasteiger partial charge in [-0.15, -0.1) is 0 Å². The number of aromatic nitrogens is 1. The molecule has 2 aromatic rings. The van der Waals surface area contributed by atoms with Crippen LogP contribution in [0.15, 0.2) is 29.3 Å². The van der Waals surface area contributed by atoms with Gasteiger partial charge in [0.25, 0.3) is 5.91 Å². The molecule has 0 aliphatic heterocycles. The number of nitrogens with zero attached hydrogens (tertiary/aromatic N) is 3. The molecule has 0 unspecified atom stereocenters. The first-order valence-corrected chi connectivity index (χ1v) is 9.94. The van der Waals surface area contributed by atoms with Gasteiger partial charge in [0.15, 0.2) is 10.6 Å². The minimum Gasteiger partial charge on any atom is -0.339 e. The molecule has 1 aromatic heterocycles. The monoisotopic (exact) mass is 371 g/mol. The maximum absolute atomic E-state index is 12.4. The molecular formula is C20H25N3O2S. The van der Waals surface area contributed by atoms with E-state index in [1.54, 1.807) is 11.8 Å². The fourth-order valence-electron chi connectivity index (χ4n) is 3.12. The molecular weight excluding hydrogens is 346 g/mol. The fourth-order valence-corrected chi connectivity index (χ4v) is 4.22. The predicted octanol–water partition coefficient (Wildman–Crippen LogP) is 4.11. The van der Waals surface area contributed by atoms with E-state index in [0.717, 1.165) is 33.9 Å². The number of thiazole rings is 1. The Morgan fingerprint density at radius 2 is 1.81 bits per heavy atom. The second-order valence-electron chi connectivity index (χ2n) is 6.59. The van der Waals surface area contributed by atoms with Gasteiger partial charge in [-0.25, -0.2) is 4.99 Å². The molecule has 1 aliphatic carbocycles. The van der Waals surface area contributed by atoms with Gasteiger partial charge in [-0.2, -0.15) is 0 Å². The average molecular weight is 372 g/mol. The average Bonchev–Trinajstić information content (AvgIpc) is 3.40. The zero-order valence-electron chi connectivity index (χ0n) is 15.8. The van der Waals surface area contributed by atoms with Crippen LogP contribution in [0.3, 0.4) is 0 Å². The van der Waals surface area contributed by atoms with Gasteiger partial charge in [-0.3, -0.25) is 9.59 Å². The van der Waals surface area contributed by atoms with E-state index in [1.165, 1.54) is 11.3 Å². The molecule has 26 heavy (non-hydrogen) atoms. The molecule has 0 radical (unpaired) electrons. The summed E-state index contributed by atoms with van der Waals surface area (Å²) in [6.45, 7) is 8.96. The first-order chi connectivity index (χ1) is 12.5. The molecule has 1 saturated carbocycles. The van der Waals surface area contributed by atoms with E-state index >= 15 is 0 Å². The molecule has 0 atom stereocenters. The Morgan fingerprint density at radius 3 is 2.31 bits per heavy atom. The predicted molar refractivity (Wildman–Crippen MR) is 104 cm³/mol. The van der Waals surface area contributed by atoms with Gasteiger partial charge in [0.2, 0.25) is 0 Å². The molecule has 3 rings (SSSR count). The molecule has 5 nitrogen and oxygen atoms in total. The maximum Gasteiger partial charge on any atom is 0.253 e. The van der Waals surface area contributed by atoms with E-state index < -0.39 is 0 Å². The van der Waals surface area contributed by atoms with Crippen LogP contribution in [-0.2, 0) is 0 Å². The van der Waals surface area contributed by atoms with Gasteiger partial charge < -0.3 is 9.47 Å². The molecule has 0 saturated heterocycles. The van der Waals surface area contributed by atoms with Crippen molar-refractivity contribution in [1.82, 2.24) is 9.47 Å².